The second kappa shape index (κ2) is 6.74. The number of aryl methyl sites for hydroxylation is 1. The van der Waals surface area contributed by atoms with Gasteiger partial charge in [0.25, 0.3) is 5.91 Å². The minimum Gasteiger partial charge on any atom is -0.454 e. The Balaban J connectivity index is 1.47. The van der Waals surface area contributed by atoms with Crippen LogP contribution >= 0.6 is 0 Å². The summed E-state index contributed by atoms with van der Waals surface area (Å²) in [5.74, 6) is 2.80. The molecule has 2 aromatic rings. The lowest BCUT2D eigenvalue weighted by atomic mass is 9.97. The average molecular weight is 343 g/mol. The molecule has 7 nitrogen and oxygen atoms in total. The normalized spacial score (nSPS) is 19.2. The number of benzene rings is 1. The van der Waals surface area contributed by atoms with Crippen LogP contribution in [0.3, 0.4) is 0 Å². The van der Waals surface area contributed by atoms with Gasteiger partial charge in [0.05, 0.1) is 5.92 Å². The van der Waals surface area contributed by atoms with Gasteiger partial charge in [0.15, 0.2) is 17.3 Å². The molecule has 1 aromatic heterocycles. The van der Waals surface area contributed by atoms with E-state index in [1.54, 1.807) is 18.2 Å². The molecule has 0 bridgehead atoms. The lowest BCUT2D eigenvalue weighted by molar-refractivity contribution is 0.0695. The second-order valence-electron chi connectivity index (χ2n) is 6.46. The number of nitrogens with zero attached hydrogens (tertiary/aromatic N) is 3. The van der Waals surface area contributed by atoms with Crippen molar-refractivity contribution < 1.29 is 18.8 Å². The highest BCUT2D eigenvalue weighted by atomic mass is 16.7. The van der Waals surface area contributed by atoms with Gasteiger partial charge in [-0.2, -0.15) is 4.98 Å². The molecule has 1 atom stereocenters. The molecule has 3 heterocycles. The first-order chi connectivity index (χ1) is 12.2. The highest BCUT2D eigenvalue weighted by Crippen LogP contribution is 2.33. The van der Waals surface area contributed by atoms with E-state index in [4.69, 9.17) is 14.0 Å². The molecule has 2 aliphatic heterocycles. The van der Waals surface area contributed by atoms with E-state index in [1.165, 1.54) is 0 Å². The molecule has 0 spiro atoms. The van der Waals surface area contributed by atoms with Gasteiger partial charge in [-0.05, 0) is 37.5 Å². The molecule has 1 amide bonds. The van der Waals surface area contributed by atoms with Gasteiger partial charge in [-0.3, -0.25) is 4.79 Å². The number of hydrogen-bond donors (Lipinski definition) is 0. The number of hydrogen-bond acceptors (Lipinski definition) is 6. The van der Waals surface area contributed by atoms with Gasteiger partial charge in [-0.25, -0.2) is 0 Å². The van der Waals surface area contributed by atoms with Crippen molar-refractivity contribution in [1.82, 2.24) is 15.0 Å². The van der Waals surface area contributed by atoms with Crippen LogP contribution in [0.25, 0.3) is 0 Å². The van der Waals surface area contributed by atoms with E-state index in [1.807, 2.05) is 4.90 Å². The summed E-state index contributed by atoms with van der Waals surface area (Å²) < 4.78 is 16.1. The maximum absolute atomic E-state index is 12.8. The van der Waals surface area contributed by atoms with Crippen LogP contribution in [-0.4, -0.2) is 40.8 Å². The summed E-state index contributed by atoms with van der Waals surface area (Å²) in [7, 11) is 0. The lowest BCUT2D eigenvalue weighted by Crippen LogP contribution is -2.39. The molecule has 0 unspecified atom stereocenters. The zero-order chi connectivity index (χ0) is 17.2. The number of carbonyl (C=O) groups excluding carboxylic acids is 1. The maximum Gasteiger partial charge on any atom is 0.254 e. The van der Waals surface area contributed by atoms with Crippen molar-refractivity contribution >= 4 is 5.91 Å². The Morgan fingerprint density at radius 1 is 1.32 bits per heavy atom. The average Bonchev–Trinajstić information content (AvgIpc) is 3.30. The van der Waals surface area contributed by atoms with Crippen LogP contribution in [0.5, 0.6) is 11.5 Å². The fourth-order valence-corrected chi connectivity index (χ4v) is 3.33. The fourth-order valence-electron chi connectivity index (χ4n) is 3.33. The standard InChI is InChI=1S/C18H21N3O4/c1-2-4-16-19-17(25-20-16)13-5-3-8-21(10-13)18(22)12-6-7-14-15(9-12)24-11-23-14/h6-7,9,13H,2-5,8,10-11H2,1H3/t13-/m1/s1. The molecule has 25 heavy (non-hydrogen) atoms. The first kappa shape index (κ1) is 15.9. The molecule has 2 aliphatic rings. The predicted octanol–water partition coefficient (Wildman–Crippen LogP) is 2.77. The molecule has 0 saturated carbocycles. The quantitative estimate of drug-likeness (QED) is 0.849. The molecule has 7 heteroatoms. The van der Waals surface area contributed by atoms with Gasteiger partial charge < -0.3 is 18.9 Å². The van der Waals surface area contributed by atoms with Crippen molar-refractivity contribution in [3.8, 4) is 11.5 Å². The maximum atomic E-state index is 12.8. The van der Waals surface area contributed by atoms with Crippen LogP contribution < -0.4 is 9.47 Å². The summed E-state index contributed by atoms with van der Waals surface area (Å²) in [6.07, 6.45) is 3.68. The number of carbonyl (C=O) groups is 1. The number of likely N-dealkylation sites (tertiary alicyclic amines) is 1. The van der Waals surface area contributed by atoms with Crippen molar-refractivity contribution in [3.63, 3.8) is 0 Å². The Labute approximate surface area is 145 Å². The summed E-state index contributed by atoms with van der Waals surface area (Å²) in [5.41, 5.74) is 0.613. The van der Waals surface area contributed by atoms with Crippen LogP contribution in [0.1, 0.15) is 54.2 Å². The Bertz CT molecular complexity index is 773. The fraction of sp³-hybridized carbons (Fsp3) is 0.500. The zero-order valence-electron chi connectivity index (χ0n) is 14.2. The minimum atomic E-state index is -0.00343. The molecular weight excluding hydrogens is 322 g/mol. The van der Waals surface area contributed by atoms with E-state index >= 15 is 0 Å². The van der Waals surface area contributed by atoms with Crippen LogP contribution in [-0.2, 0) is 6.42 Å². The smallest absolute Gasteiger partial charge is 0.254 e. The Morgan fingerprint density at radius 2 is 2.20 bits per heavy atom. The summed E-state index contributed by atoms with van der Waals surface area (Å²) in [4.78, 5) is 19.2. The van der Waals surface area contributed by atoms with E-state index in [9.17, 15) is 4.79 Å². The molecular formula is C18H21N3O4. The number of amides is 1. The number of aromatic nitrogens is 2. The first-order valence-electron chi connectivity index (χ1n) is 8.76. The SMILES string of the molecule is CCCc1noc([C@@H]2CCCN(C(=O)c3ccc4c(c3)OCO4)C2)n1. The third-order valence-electron chi connectivity index (χ3n) is 4.63. The molecule has 4 rings (SSSR count). The molecule has 132 valence electrons. The van der Waals surface area contributed by atoms with Gasteiger partial charge in [0, 0.05) is 25.1 Å². The van der Waals surface area contributed by atoms with Crippen molar-refractivity contribution in [2.45, 2.75) is 38.5 Å². The third kappa shape index (κ3) is 3.18. The van der Waals surface area contributed by atoms with E-state index in [0.29, 0.717) is 29.5 Å². The topological polar surface area (TPSA) is 77.7 Å². The lowest BCUT2D eigenvalue weighted by Gasteiger charge is -2.31. The number of rotatable bonds is 4. The number of fused-ring (bicyclic) bond motifs is 1. The minimum absolute atomic E-state index is 0.00343. The van der Waals surface area contributed by atoms with Gasteiger partial charge in [0.2, 0.25) is 12.7 Å². The van der Waals surface area contributed by atoms with E-state index in [0.717, 1.165) is 38.1 Å². The summed E-state index contributed by atoms with van der Waals surface area (Å²) in [5, 5.41) is 4.03. The summed E-state index contributed by atoms with van der Waals surface area (Å²) in [6, 6.07) is 5.32. The third-order valence-corrected chi connectivity index (χ3v) is 4.63. The Kier molecular flexibility index (Phi) is 4.29. The van der Waals surface area contributed by atoms with E-state index in [2.05, 4.69) is 17.1 Å². The molecule has 0 radical (unpaired) electrons. The molecule has 0 aliphatic carbocycles. The molecule has 1 saturated heterocycles. The molecule has 0 N–H and O–H groups in total. The largest absolute Gasteiger partial charge is 0.454 e. The monoisotopic (exact) mass is 343 g/mol. The van der Waals surface area contributed by atoms with Crippen LogP contribution in [0, 0.1) is 0 Å². The van der Waals surface area contributed by atoms with Crippen molar-refractivity contribution in [2.24, 2.45) is 0 Å². The van der Waals surface area contributed by atoms with E-state index in [-0.39, 0.29) is 18.6 Å². The number of ether oxygens (including phenoxy) is 2. The van der Waals surface area contributed by atoms with Gasteiger partial charge in [-0.1, -0.05) is 12.1 Å². The first-order valence-corrected chi connectivity index (χ1v) is 8.76. The summed E-state index contributed by atoms with van der Waals surface area (Å²) >= 11 is 0. The summed E-state index contributed by atoms with van der Waals surface area (Å²) in [6.45, 7) is 3.62. The van der Waals surface area contributed by atoms with Crippen LogP contribution in [0.15, 0.2) is 22.7 Å². The van der Waals surface area contributed by atoms with Gasteiger partial charge >= 0.3 is 0 Å². The van der Waals surface area contributed by atoms with Crippen molar-refractivity contribution in [3.05, 3.63) is 35.5 Å². The second-order valence-corrected chi connectivity index (χ2v) is 6.46. The Hall–Kier alpha value is -2.57. The Morgan fingerprint density at radius 3 is 3.08 bits per heavy atom. The van der Waals surface area contributed by atoms with E-state index < -0.39 is 0 Å². The van der Waals surface area contributed by atoms with Gasteiger partial charge in [-0.15, -0.1) is 0 Å². The zero-order valence-corrected chi connectivity index (χ0v) is 14.2. The van der Waals surface area contributed by atoms with Crippen LogP contribution in [0.4, 0.5) is 0 Å². The highest BCUT2D eigenvalue weighted by Gasteiger charge is 2.29. The molecule has 1 aromatic carbocycles. The predicted molar refractivity (Wildman–Crippen MR) is 88.7 cm³/mol. The van der Waals surface area contributed by atoms with Crippen LogP contribution in [0.2, 0.25) is 0 Å². The highest BCUT2D eigenvalue weighted by molar-refractivity contribution is 5.95. The molecule has 1 fully saturated rings. The van der Waals surface area contributed by atoms with Gasteiger partial charge in [0.1, 0.15) is 0 Å². The van der Waals surface area contributed by atoms with Crippen molar-refractivity contribution in [1.29, 1.82) is 0 Å². The van der Waals surface area contributed by atoms with Crippen molar-refractivity contribution in [2.75, 3.05) is 19.9 Å². The number of piperidine rings is 1.